The van der Waals surface area contributed by atoms with Gasteiger partial charge in [0.25, 0.3) is 0 Å². The predicted molar refractivity (Wildman–Crippen MR) is 84.3 cm³/mol. The predicted octanol–water partition coefficient (Wildman–Crippen LogP) is 1.95. The van der Waals surface area contributed by atoms with Gasteiger partial charge in [0.1, 0.15) is 0 Å². The highest BCUT2D eigenvalue weighted by Gasteiger charge is 2.35. The van der Waals surface area contributed by atoms with Crippen molar-refractivity contribution in [1.82, 2.24) is 5.32 Å². The minimum Gasteiger partial charge on any atom is -0.381 e. The van der Waals surface area contributed by atoms with Gasteiger partial charge in [0.2, 0.25) is 5.91 Å². The maximum Gasteiger partial charge on any atom is 0.240 e. The Kier molecular flexibility index (Phi) is 6.82. The fourth-order valence-corrected chi connectivity index (χ4v) is 2.47. The third kappa shape index (κ3) is 4.38. The van der Waals surface area contributed by atoms with E-state index >= 15 is 0 Å². The first kappa shape index (κ1) is 17.3. The molecule has 1 aromatic rings. The average Bonchev–Trinajstić information content (AvgIpc) is 2.46. The number of nitrogens with two attached hydrogens (primary N) is 1. The molecule has 1 amide bonds. The molecular weight excluding hydrogens is 296 g/mol. The summed E-state index contributed by atoms with van der Waals surface area (Å²) in [6, 6.07) is 8.16. The minimum atomic E-state index is -0.766. The number of thioether (sulfide) groups is 1. The van der Waals surface area contributed by atoms with Crippen molar-refractivity contribution in [2.24, 2.45) is 5.73 Å². The van der Waals surface area contributed by atoms with E-state index in [0.717, 1.165) is 5.56 Å². The second-order valence-corrected chi connectivity index (χ2v) is 5.68. The maximum atomic E-state index is 12.1. The molecule has 0 spiro atoms. The van der Waals surface area contributed by atoms with Crippen LogP contribution in [0.5, 0.6) is 0 Å². The Morgan fingerprint density at radius 2 is 1.95 bits per heavy atom. The summed E-state index contributed by atoms with van der Waals surface area (Å²) in [5, 5.41) is 2.92. The second kappa shape index (κ2) is 7.88. The molecule has 2 rings (SSSR count). The van der Waals surface area contributed by atoms with Crippen LogP contribution in [0.25, 0.3) is 0 Å². The Labute approximate surface area is 130 Å². The molecule has 1 aliphatic rings. The van der Waals surface area contributed by atoms with E-state index in [-0.39, 0.29) is 18.3 Å². The number of hydrogen-bond acceptors (Lipinski definition) is 4. The molecule has 1 aliphatic heterocycles. The number of carbonyl (C=O) groups excluding carboxylic acids is 1. The first-order valence-corrected chi connectivity index (χ1v) is 7.64. The van der Waals surface area contributed by atoms with E-state index < -0.39 is 5.54 Å². The lowest BCUT2D eigenvalue weighted by Crippen LogP contribution is -2.56. The molecule has 0 aliphatic carbocycles. The summed E-state index contributed by atoms with van der Waals surface area (Å²) in [6.45, 7) is 1.64. The highest BCUT2D eigenvalue weighted by atomic mass is 35.5. The summed E-state index contributed by atoms with van der Waals surface area (Å²) in [5.41, 5.74) is 6.44. The fourth-order valence-electron chi connectivity index (χ4n) is 2.06. The van der Waals surface area contributed by atoms with Gasteiger partial charge in [0, 0.05) is 24.7 Å². The van der Waals surface area contributed by atoms with E-state index in [4.69, 9.17) is 10.5 Å². The zero-order chi connectivity index (χ0) is 13.7. The summed E-state index contributed by atoms with van der Waals surface area (Å²) < 4.78 is 5.24. The van der Waals surface area contributed by atoms with Gasteiger partial charge in [0.05, 0.1) is 5.54 Å². The van der Waals surface area contributed by atoms with Gasteiger partial charge in [-0.1, -0.05) is 12.1 Å². The number of nitrogens with one attached hydrogen (secondary N) is 1. The van der Waals surface area contributed by atoms with Gasteiger partial charge in [-0.05, 0) is 36.8 Å². The smallest absolute Gasteiger partial charge is 0.240 e. The first-order chi connectivity index (χ1) is 9.14. The number of rotatable bonds is 4. The van der Waals surface area contributed by atoms with Crippen molar-refractivity contribution in [2.75, 3.05) is 19.5 Å². The van der Waals surface area contributed by atoms with Crippen LogP contribution in [0.1, 0.15) is 18.4 Å². The molecule has 20 heavy (non-hydrogen) atoms. The minimum absolute atomic E-state index is 0. The van der Waals surface area contributed by atoms with Crippen molar-refractivity contribution < 1.29 is 9.53 Å². The lowest BCUT2D eigenvalue weighted by Gasteiger charge is -2.31. The molecule has 4 nitrogen and oxygen atoms in total. The van der Waals surface area contributed by atoms with Crippen LogP contribution in [-0.4, -0.2) is 30.9 Å². The number of carbonyl (C=O) groups is 1. The van der Waals surface area contributed by atoms with E-state index in [0.29, 0.717) is 32.6 Å². The molecule has 0 radical (unpaired) electrons. The van der Waals surface area contributed by atoms with Gasteiger partial charge < -0.3 is 15.8 Å². The summed E-state index contributed by atoms with van der Waals surface area (Å²) >= 11 is 1.70. The van der Waals surface area contributed by atoms with Crippen LogP contribution >= 0.6 is 24.2 Å². The molecule has 0 saturated carbocycles. The number of benzene rings is 1. The molecule has 1 aromatic carbocycles. The number of hydrogen-bond donors (Lipinski definition) is 2. The highest BCUT2D eigenvalue weighted by molar-refractivity contribution is 7.98. The van der Waals surface area contributed by atoms with Crippen LogP contribution < -0.4 is 11.1 Å². The van der Waals surface area contributed by atoms with Gasteiger partial charge in [-0.2, -0.15) is 0 Å². The van der Waals surface area contributed by atoms with Crippen LogP contribution in [0.15, 0.2) is 29.2 Å². The zero-order valence-electron chi connectivity index (χ0n) is 11.6. The molecular formula is C14H21ClN2O2S. The summed E-state index contributed by atoms with van der Waals surface area (Å²) in [4.78, 5) is 13.3. The van der Waals surface area contributed by atoms with Crippen molar-refractivity contribution >= 4 is 30.1 Å². The second-order valence-electron chi connectivity index (χ2n) is 4.80. The largest absolute Gasteiger partial charge is 0.381 e. The van der Waals surface area contributed by atoms with E-state index in [1.165, 1.54) is 4.90 Å². The molecule has 1 fully saturated rings. The van der Waals surface area contributed by atoms with Crippen molar-refractivity contribution in [3.8, 4) is 0 Å². The van der Waals surface area contributed by atoms with Crippen molar-refractivity contribution in [2.45, 2.75) is 29.8 Å². The summed E-state index contributed by atoms with van der Waals surface area (Å²) in [5.74, 6) is -0.0789. The molecule has 0 unspecified atom stereocenters. The van der Waals surface area contributed by atoms with Gasteiger partial charge >= 0.3 is 0 Å². The van der Waals surface area contributed by atoms with Crippen molar-refractivity contribution in [3.05, 3.63) is 29.8 Å². The molecule has 1 heterocycles. The Bertz CT molecular complexity index is 433. The molecule has 0 bridgehead atoms. The van der Waals surface area contributed by atoms with E-state index in [1.54, 1.807) is 11.8 Å². The van der Waals surface area contributed by atoms with Gasteiger partial charge in [-0.25, -0.2) is 0 Å². The van der Waals surface area contributed by atoms with Crippen LogP contribution in [0.2, 0.25) is 0 Å². The van der Waals surface area contributed by atoms with Gasteiger partial charge in [0.15, 0.2) is 0 Å². The van der Waals surface area contributed by atoms with E-state index in [1.807, 2.05) is 18.4 Å². The third-order valence-electron chi connectivity index (χ3n) is 3.45. The normalized spacial score (nSPS) is 17.1. The first-order valence-electron chi connectivity index (χ1n) is 6.42. The SMILES string of the molecule is CSc1ccc(CNC(=O)C2(N)CCOCC2)cc1.Cl. The Morgan fingerprint density at radius 1 is 1.35 bits per heavy atom. The number of halogens is 1. The van der Waals surface area contributed by atoms with Crippen LogP contribution in [-0.2, 0) is 16.1 Å². The third-order valence-corrected chi connectivity index (χ3v) is 4.19. The fraction of sp³-hybridized carbons (Fsp3) is 0.500. The Balaban J connectivity index is 0.00000200. The highest BCUT2D eigenvalue weighted by Crippen LogP contribution is 2.18. The Morgan fingerprint density at radius 3 is 2.50 bits per heavy atom. The number of amides is 1. The monoisotopic (exact) mass is 316 g/mol. The topological polar surface area (TPSA) is 64.4 Å². The van der Waals surface area contributed by atoms with Crippen LogP contribution in [0, 0.1) is 0 Å². The maximum absolute atomic E-state index is 12.1. The van der Waals surface area contributed by atoms with Crippen molar-refractivity contribution in [1.29, 1.82) is 0 Å². The lowest BCUT2D eigenvalue weighted by atomic mass is 9.90. The molecule has 6 heteroatoms. The van der Waals surface area contributed by atoms with Crippen LogP contribution in [0.4, 0.5) is 0 Å². The average molecular weight is 317 g/mol. The zero-order valence-corrected chi connectivity index (χ0v) is 13.2. The molecule has 1 saturated heterocycles. The Hall–Kier alpha value is -0.750. The van der Waals surface area contributed by atoms with Crippen LogP contribution in [0.3, 0.4) is 0 Å². The van der Waals surface area contributed by atoms with Gasteiger partial charge in [-0.3, -0.25) is 4.79 Å². The van der Waals surface area contributed by atoms with E-state index in [2.05, 4.69) is 17.4 Å². The summed E-state index contributed by atoms with van der Waals surface area (Å²) in [7, 11) is 0. The molecule has 3 N–H and O–H groups in total. The molecule has 0 aromatic heterocycles. The molecule has 112 valence electrons. The van der Waals surface area contributed by atoms with Crippen molar-refractivity contribution in [3.63, 3.8) is 0 Å². The summed E-state index contributed by atoms with van der Waals surface area (Å²) in [6.07, 6.45) is 3.22. The lowest BCUT2D eigenvalue weighted by molar-refractivity contribution is -0.129. The van der Waals surface area contributed by atoms with Gasteiger partial charge in [-0.15, -0.1) is 24.2 Å². The van der Waals surface area contributed by atoms with E-state index in [9.17, 15) is 4.79 Å². The molecule has 0 atom stereocenters. The quantitative estimate of drug-likeness (QED) is 0.833. The number of ether oxygens (including phenoxy) is 1. The standard InChI is InChI=1S/C14H20N2O2S.ClH/c1-19-12-4-2-11(3-5-12)10-16-13(17)14(15)6-8-18-9-7-14;/h2-5H,6-10,15H2,1H3,(H,16,17);1H.